The Hall–Kier alpha value is -3.20. The van der Waals surface area contributed by atoms with Crippen molar-refractivity contribution in [3.05, 3.63) is 72.8 Å². The largest absolute Gasteiger partial charge is 0.508 e. The van der Waals surface area contributed by atoms with Gasteiger partial charge in [-0.05, 0) is 29.8 Å². The molecule has 0 aliphatic carbocycles. The quantitative estimate of drug-likeness (QED) is 0.536. The zero-order valence-electron chi connectivity index (χ0n) is 14.2. The van der Waals surface area contributed by atoms with Crippen molar-refractivity contribution in [3.8, 4) is 28.2 Å². The van der Waals surface area contributed by atoms with Gasteiger partial charge in [0.1, 0.15) is 17.1 Å². The van der Waals surface area contributed by atoms with Gasteiger partial charge in [0, 0.05) is 42.4 Å². The van der Waals surface area contributed by atoms with Crippen LogP contribution in [-0.4, -0.2) is 19.2 Å². The smallest absolute Gasteiger partial charge is 0.143 e. The molecule has 3 heteroatoms. The van der Waals surface area contributed by atoms with Crippen LogP contribution in [0.1, 0.15) is 0 Å². The molecule has 1 N–H and O–H groups in total. The molecular formula is C22H19NO2. The van der Waals surface area contributed by atoms with Gasteiger partial charge in [-0.15, -0.1) is 0 Å². The van der Waals surface area contributed by atoms with Crippen LogP contribution in [0.5, 0.6) is 5.75 Å². The van der Waals surface area contributed by atoms with Crippen LogP contribution in [0.2, 0.25) is 0 Å². The van der Waals surface area contributed by atoms with Crippen LogP contribution in [0.25, 0.3) is 33.4 Å². The highest BCUT2D eigenvalue weighted by Crippen LogP contribution is 2.41. The van der Waals surface area contributed by atoms with E-state index < -0.39 is 0 Å². The van der Waals surface area contributed by atoms with Crippen molar-refractivity contribution >= 4 is 16.7 Å². The van der Waals surface area contributed by atoms with Crippen molar-refractivity contribution in [2.75, 3.05) is 19.0 Å². The molecule has 4 aromatic rings. The highest BCUT2D eigenvalue weighted by molar-refractivity contribution is 6.02. The molecular weight excluding hydrogens is 310 g/mol. The Morgan fingerprint density at radius 1 is 0.800 bits per heavy atom. The highest BCUT2D eigenvalue weighted by Gasteiger charge is 2.18. The fourth-order valence-electron chi connectivity index (χ4n) is 3.09. The minimum Gasteiger partial charge on any atom is -0.508 e. The summed E-state index contributed by atoms with van der Waals surface area (Å²) in [4.78, 5) is 2.08. The molecule has 3 nitrogen and oxygen atoms in total. The third-order valence-electron chi connectivity index (χ3n) is 4.38. The van der Waals surface area contributed by atoms with E-state index in [1.807, 2.05) is 50.5 Å². The number of anilines is 1. The Balaban J connectivity index is 1.97. The minimum absolute atomic E-state index is 0.204. The lowest BCUT2D eigenvalue weighted by molar-refractivity contribution is 0.474. The van der Waals surface area contributed by atoms with Crippen molar-refractivity contribution in [2.24, 2.45) is 0 Å². The first-order valence-corrected chi connectivity index (χ1v) is 8.22. The summed E-state index contributed by atoms with van der Waals surface area (Å²) in [7, 11) is 4.06. The average molecular weight is 329 g/mol. The van der Waals surface area contributed by atoms with E-state index in [9.17, 15) is 5.11 Å². The van der Waals surface area contributed by atoms with Gasteiger partial charge in [-0.3, -0.25) is 0 Å². The summed E-state index contributed by atoms with van der Waals surface area (Å²) in [6.45, 7) is 0. The van der Waals surface area contributed by atoms with Gasteiger partial charge in [-0.2, -0.15) is 0 Å². The molecule has 0 saturated heterocycles. The van der Waals surface area contributed by atoms with E-state index in [-0.39, 0.29) is 5.75 Å². The van der Waals surface area contributed by atoms with E-state index in [1.54, 1.807) is 12.1 Å². The Bertz CT molecular complexity index is 1020. The summed E-state index contributed by atoms with van der Waals surface area (Å²) in [6, 6.07) is 23.8. The number of aromatic hydroxyl groups is 1. The highest BCUT2D eigenvalue weighted by atomic mass is 16.3. The topological polar surface area (TPSA) is 36.6 Å². The molecule has 124 valence electrons. The molecule has 3 aromatic carbocycles. The number of fused-ring (bicyclic) bond motifs is 1. The molecule has 4 rings (SSSR count). The third kappa shape index (κ3) is 2.74. The summed E-state index contributed by atoms with van der Waals surface area (Å²) in [5, 5.41) is 10.8. The monoisotopic (exact) mass is 329 g/mol. The fourth-order valence-corrected chi connectivity index (χ4v) is 3.09. The van der Waals surface area contributed by atoms with Crippen LogP contribution in [0, 0.1) is 0 Å². The zero-order valence-corrected chi connectivity index (χ0v) is 14.2. The number of benzene rings is 3. The van der Waals surface area contributed by atoms with Crippen LogP contribution in [0.15, 0.2) is 77.2 Å². The molecule has 1 aromatic heterocycles. The van der Waals surface area contributed by atoms with Gasteiger partial charge in [-0.25, -0.2) is 0 Å². The Kier molecular flexibility index (Phi) is 3.69. The van der Waals surface area contributed by atoms with Gasteiger partial charge in [0.15, 0.2) is 0 Å². The second-order valence-corrected chi connectivity index (χ2v) is 6.29. The van der Waals surface area contributed by atoms with Crippen LogP contribution < -0.4 is 4.90 Å². The van der Waals surface area contributed by atoms with Crippen LogP contribution >= 0.6 is 0 Å². The maximum Gasteiger partial charge on any atom is 0.143 e. The molecule has 0 atom stereocenters. The number of phenols is 1. The molecule has 0 bridgehead atoms. The number of nitrogens with zero attached hydrogens (tertiary/aromatic N) is 1. The summed E-state index contributed by atoms with van der Waals surface area (Å²) in [5.74, 6) is 1.02. The Labute approximate surface area is 146 Å². The van der Waals surface area contributed by atoms with E-state index >= 15 is 0 Å². The fraction of sp³-hybridized carbons (Fsp3) is 0.0909. The van der Waals surface area contributed by atoms with Crippen molar-refractivity contribution in [2.45, 2.75) is 0 Å². The standard InChI is InChI=1S/C22H19NO2/c1-23(2)17-10-8-15(9-11-17)21-19-13-12-18(24)14-20(19)25-22(21)16-6-4-3-5-7-16/h3-14,24H,1-2H3. The number of phenolic OH excluding ortho intramolecular Hbond substituents is 1. The van der Waals surface area contributed by atoms with Crippen molar-refractivity contribution in [1.82, 2.24) is 0 Å². The first-order valence-electron chi connectivity index (χ1n) is 8.22. The van der Waals surface area contributed by atoms with E-state index in [1.165, 1.54) is 0 Å². The molecule has 0 amide bonds. The summed E-state index contributed by atoms with van der Waals surface area (Å²) >= 11 is 0. The van der Waals surface area contributed by atoms with Crippen LogP contribution in [0.4, 0.5) is 5.69 Å². The third-order valence-corrected chi connectivity index (χ3v) is 4.38. The molecule has 0 spiro atoms. The SMILES string of the molecule is CN(C)c1ccc(-c2c(-c3ccccc3)oc3cc(O)ccc23)cc1. The van der Waals surface area contributed by atoms with E-state index in [2.05, 4.69) is 29.2 Å². The lowest BCUT2D eigenvalue weighted by atomic mass is 9.98. The first-order chi connectivity index (χ1) is 12.1. The van der Waals surface area contributed by atoms with E-state index in [0.29, 0.717) is 5.58 Å². The normalized spacial score (nSPS) is 11.0. The Morgan fingerprint density at radius 2 is 1.52 bits per heavy atom. The number of furan rings is 1. The summed E-state index contributed by atoms with van der Waals surface area (Å²) in [6.07, 6.45) is 0. The van der Waals surface area contributed by atoms with Crippen molar-refractivity contribution < 1.29 is 9.52 Å². The van der Waals surface area contributed by atoms with Gasteiger partial charge in [0.2, 0.25) is 0 Å². The van der Waals surface area contributed by atoms with Crippen molar-refractivity contribution in [1.29, 1.82) is 0 Å². The first kappa shape index (κ1) is 15.3. The van der Waals surface area contributed by atoms with Gasteiger partial charge in [-0.1, -0.05) is 42.5 Å². The van der Waals surface area contributed by atoms with Gasteiger partial charge < -0.3 is 14.4 Å². The maximum atomic E-state index is 9.80. The molecule has 25 heavy (non-hydrogen) atoms. The van der Waals surface area contributed by atoms with Crippen LogP contribution in [-0.2, 0) is 0 Å². The second-order valence-electron chi connectivity index (χ2n) is 6.29. The molecule has 0 radical (unpaired) electrons. The number of hydrogen-bond donors (Lipinski definition) is 1. The number of hydrogen-bond acceptors (Lipinski definition) is 3. The maximum absolute atomic E-state index is 9.80. The number of rotatable bonds is 3. The lowest BCUT2D eigenvalue weighted by Gasteiger charge is -2.13. The van der Waals surface area contributed by atoms with E-state index in [0.717, 1.165) is 33.5 Å². The lowest BCUT2D eigenvalue weighted by Crippen LogP contribution is -2.07. The van der Waals surface area contributed by atoms with Gasteiger partial charge >= 0.3 is 0 Å². The second kappa shape index (κ2) is 6.02. The molecule has 1 heterocycles. The summed E-state index contributed by atoms with van der Waals surface area (Å²) in [5.41, 5.74) is 4.99. The molecule has 0 aliphatic rings. The zero-order chi connectivity index (χ0) is 17.4. The summed E-state index contributed by atoms with van der Waals surface area (Å²) < 4.78 is 6.13. The molecule has 0 fully saturated rings. The van der Waals surface area contributed by atoms with E-state index in [4.69, 9.17) is 4.42 Å². The Morgan fingerprint density at radius 3 is 2.20 bits per heavy atom. The average Bonchev–Trinajstić information content (AvgIpc) is 3.01. The van der Waals surface area contributed by atoms with Gasteiger partial charge in [0.05, 0.1) is 0 Å². The van der Waals surface area contributed by atoms with Crippen LogP contribution in [0.3, 0.4) is 0 Å². The predicted molar refractivity (Wildman–Crippen MR) is 103 cm³/mol. The molecule has 0 unspecified atom stereocenters. The van der Waals surface area contributed by atoms with Crippen molar-refractivity contribution in [3.63, 3.8) is 0 Å². The predicted octanol–water partition coefficient (Wildman–Crippen LogP) is 5.54. The minimum atomic E-state index is 0.204. The molecule has 0 saturated carbocycles. The van der Waals surface area contributed by atoms with Gasteiger partial charge in [0.25, 0.3) is 0 Å². The molecule has 0 aliphatic heterocycles.